The second-order valence-corrected chi connectivity index (χ2v) is 4.56. The zero-order valence-corrected chi connectivity index (χ0v) is 11.5. The predicted molar refractivity (Wildman–Crippen MR) is 75.3 cm³/mol. The van der Waals surface area contributed by atoms with Gasteiger partial charge >= 0.3 is 0 Å². The van der Waals surface area contributed by atoms with Crippen LogP contribution in [-0.4, -0.2) is 16.1 Å². The molecule has 0 aliphatic rings. The van der Waals surface area contributed by atoms with Gasteiger partial charge in [-0.15, -0.1) is 0 Å². The fourth-order valence-corrected chi connectivity index (χ4v) is 2.15. The molecule has 0 unspecified atom stereocenters. The molecule has 2 rings (SSSR count). The van der Waals surface area contributed by atoms with Crippen LogP contribution in [0, 0.1) is 0 Å². The summed E-state index contributed by atoms with van der Waals surface area (Å²) in [6, 6.07) is 6.00. The summed E-state index contributed by atoms with van der Waals surface area (Å²) in [5.74, 6) is 1.05. The van der Waals surface area contributed by atoms with Crippen molar-refractivity contribution in [2.24, 2.45) is 0 Å². The van der Waals surface area contributed by atoms with Crippen LogP contribution >= 0.6 is 11.6 Å². The van der Waals surface area contributed by atoms with Crippen LogP contribution in [-0.2, 0) is 13.0 Å². The fraction of sp³-hybridized carbons (Fsp3) is 0.357. The van der Waals surface area contributed by atoms with Crippen LogP contribution in [0.2, 0.25) is 5.02 Å². The average molecular weight is 264 g/mol. The Morgan fingerprint density at radius 3 is 2.89 bits per heavy atom. The van der Waals surface area contributed by atoms with Crippen molar-refractivity contribution in [3.8, 4) is 5.69 Å². The van der Waals surface area contributed by atoms with E-state index < -0.39 is 0 Å². The molecule has 0 bridgehead atoms. The molecule has 2 aromatic rings. The van der Waals surface area contributed by atoms with Gasteiger partial charge in [0.15, 0.2) is 0 Å². The molecule has 1 N–H and O–H groups in total. The van der Waals surface area contributed by atoms with Gasteiger partial charge in [0.05, 0.1) is 5.69 Å². The summed E-state index contributed by atoms with van der Waals surface area (Å²) < 4.78 is 2.11. The van der Waals surface area contributed by atoms with Crippen molar-refractivity contribution in [1.82, 2.24) is 14.9 Å². The largest absolute Gasteiger partial charge is 0.313 e. The highest BCUT2D eigenvalue weighted by Gasteiger charge is 2.08. The molecule has 3 nitrogen and oxygen atoms in total. The van der Waals surface area contributed by atoms with Gasteiger partial charge in [-0.25, -0.2) is 4.98 Å². The molecule has 4 heteroatoms. The number of aromatic nitrogens is 2. The Morgan fingerprint density at radius 2 is 2.17 bits per heavy atom. The highest BCUT2D eigenvalue weighted by atomic mass is 35.5. The molecule has 0 aliphatic heterocycles. The van der Waals surface area contributed by atoms with Gasteiger partial charge in [-0.2, -0.15) is 0 Å². The van der Waals surface area contributed by atoms with Crippen molar-refractivity contribution in [1.29, 1.82) is 0 Å². The number of nitrogens with zero attached hydrogens (tertiary/aromatic N) is 2. The number of nitrogens with one attached hydrogen (secondary N) is 1. The lowest BCUT2D eigenvalue weighted by molar-refractivity contribution is 0.720. The maximum absolute atomic E-state index is 6.11. The molecule has 0 spiro atoms. The summed E-state index contributed by atoms with van der Waals surface area (Å²) in [7, 11) is 0. The number of benzene rings is 1. The molecule has 18 heavy (non-hydrogen) atoms. The number of hydrogen-bond donors (Lipinski definition) is 1. The van der Waals surface area contributed by atoms with Crippen LogP contribution in [0.1, 0.15) is 25.2 Å². The van der Waals surface area contributed by atoms with Gasteiger partial charge in [0.1, 0.15) is 5.82 Å². The van der Waals surface area contributed by atoms with Crippen molar-refractivity contribution < 1.29 is 0 Å². The number of aryl methyl sites for hydroxylation is 1. The average Bonchev–Trinajstić information content (AvgIpc) is 2.85. The van der Waals surface area contributed by atoms with Gasteiger partial charge in [0.25, 0.3) is 0 Å². The Kier molecular flexibility index (Phi) is 4.39. The molecule has 0 saturated carbocycles. The van der Waals surface area contributed by atoms with Crippen molar-refractivity contribution in [3.05, 3.63) is 47.0 Å². The van der Waals surface area contributed by atoms with Gasteiger partial charge < -0.3 is 9.88 Å². The quantitative estimate of drug-likeness (QED) is 0.898. The zero-order chi connectivity index (χ0) is 13.0. The first kappa shape index (κ1) is 13.1. The lowest BCUT2D eigenvalue weighted by atomic mass is 10.1. The molecule has 0 fully saturated rings. The minimum absolute atomic E-state index is 0.751. The lowest BCUT2D eigenvalue weighted by Crippen LogP contribution is -2.14. The summed E-state index contributed by atoms with van der Waals surface area (Å²) in [5, 5.41) is 4.10. The second kappa shape index (κ2) is 6.03. The van der Waals surface area contributed by atoms with Crippen molar-refractivity contribution in [2.45, 2.75) is 26.8 Å². The monoisotopic (exact) mass is 263 g/mol. The van der Waals surface area contributed by atoms with E-state index >= 15 is 0 Å². The molecular formula is C14H18ClN3. The number of halogens is 1. The first-order chi connectivity index (χ1) is 8.76. The Hall–Kier alpha value is -1.32. The first-order valence-corrected chi connectivity index (χ1v) is 6.65. The van der Waals surface area contributed by atoms with Gasteiger partial charge in [0.2, 0.25) is 0 Å². The molecule has 96 valence electrons. The molecule has 1 aromatic carbocycles. The van der Waals surface area contributed by atoms with E-state index in [1.54, 1.807) is 0 Å². The lowest BCUT2D eigenvalue weighted by Gasteiger charge is -2.13. The van der Waals surface area contributed by atoms with Gasteiger partial charge in [0, 0.05) is 30.4 Å². The van der Waals surface area contributed by atoms with E-state index in [-0.39, 0.29) is 0 Å². The molecule has 1 heterocycles. The maximum atomic E-state index is 6.11. The van der Waals surface area contributed by atoms with Crippen LogP contribution in [0.15, 0.2) is 30.6 Å². The Bertz CT molecular complexity index is 520. The van der Waals surface area contributed by atoms with Gasteiger partial charge in [-0.1, -0.05) is 31.5 Å². The normalized spacial score (nSPS) is 10.8. The van der Waals surface area contributed by atoms with Crippen LogP contribution in [0.4, 0.5) is 0 Å². The van der Waals surface area contributed by atoms with E-state index in [0.717, 1.165) is 36.0 Å². The van der Waals surface area contributed by atoms with E-state index in [1.807, 2.05) is 24.5 Å². The van der Waals surface area contributed by atoms with Crippen LogP contribution < -0.4 is 5.32 Å². The van der Waals surface area contributed by atoms with E-state index in [2.05, 4.69) is 34.8 Å². The molecule has 1 aromatic heterocycles. The van der Waals surface area contributed by atoms with Crippen LogP contribution in [0.5, 0.6) is 0 Å². The smallest absolute Gasteiger partial charge is 0.112 e. The molecule has 0 aliphatic carbocycles. The molecule has 0 radical (unpaired) electrons. The predicted octanol–water partition coefficient (Wildman–Crippen LogP) is 3.20. The second-order valence-electron chi connectivity index (χ2n) is 4.12. The first-order valence-electron chi connectivity index (χ1n) is 6.28. The van der Waals surface area contributed by atoms with Crippen LogP contribution in [0.25, 0.3) is 5.69 Å². The molecule has 0 amide bonds. The summed E-state index contributed by atoms with van der Waals surface area (Å²) >= 11 is 6.11. The third kappa shape index (κ3) is 2.74. The third-order valence-corrected chi connectivity index (χ3v) is 3.14. The maximum Gasteiger partial charge on any atom is 0.112 e. The minimum Gasteiger partial charge on any atom is -0.313 e. The van der Waals surface area contributed by atoms with E-state index in [1.165, 1.54) is 5.56 Å². The van der Waals surface area contributed by atoms with E-state index in [0.29, 0.717) is 0 Å². The molecule has 0 atom stereocenters. The number of hydrogen-bond acceptors (Lipinski definition) is 2. The van der Waals surface area contributed by atoms with Crippen molar-refractivity contribution in [3.63, 3.8) is 0 Å². The Morgan fingerprint density at radius 1 is 1.33 bits per heavy atom. The van der Waals surface area contributed by atoms with E-state index in [9.17, 15) is 0 Å². The van der Waals surface area contributed by atoms with Crippen LogP contribution in [0.3, 0.4) is 0 Å². The Labute approximate surface area is 113 Å². The highest BCUT2D eigenvalue weighted by molar-refractivity contribution is 6.30. The number of rotatable bonds is 5. The highest BCUT2D eigenvalue weighted by Crippen LogP contribution is 2.21. The Balaban J connectivity index is 2.44. The minimum atomic E-state index is 0.751. The molecular weight excluding hydrogens is 246 g/mol. The van der Waals surface area contributed by atoms with Gasteiger partial charge in [-0.3, -0.25) is 0 Å². The number of imidazole rings is 1. The van der Waals surface area contributed by atoms with E-state index in [4.69, 9.17) is 11.6 Å². The SMILES string of the molecule is CCNCc1ccc(Cl)cc1-n1ccnc1CC. The molecule has 0 saturated heterocycles. The van der Waals surface area contributed by atoms with Gasteiger partial charge in [-0.05, 0) is 24.2 Å². The summed E-state index contributed by atoms with van der Waals surface area (Å²) in [6.07, 6.45) is 4.72. The topological polar surface area (TPSA) is 29.9 Å². The zero-order valence-electron chi connectivity index (χ0n) is 10.8. The van der Waals surface area contributed by atoms with Crippen molar-refractivity contribution in [2.75, 3.05) is 6.54 Å². The van der Waals surface area contributed by atoms with Crippen molar-refractivity contribution >= 4 is 11.6 Å². The third-order valence-electron chi connectivity index (χ3n) is 2.91. The summed E-state index contributed by atoms with van der Waals surface area (Å²) in [4.78, 5) is 4.36. The summed E-state index contributed by atoms with van der Waals surface area (Å²) in [6.45, 7) is 5.99. The standard InChI is InChI=1S/C14H18ClN3/c1-3-14-17-7-8-18(14)13-9-12(15)6-5-11(13)10-16-4-2/h5-9,16H,3-4,10H2,1-2H3. The summed E-state index contributed by atoms with van der Waals surface area (Å²) in [5.41, 5.74) is 2.34. The fourth-order valence-electron chi connectivity index (χ4n) is 1.99.